The summed E-state index contributed by atoms with van der Waals surface area (Å²) in [4.78, 5) is 24.7. The molecule has 6 nitrogen and oxygen atoms in total. The largest absolute Gasteiger partial charge is 0.477 e. The fourth-order valence-corrected chi connectivity index (χ4v) is 4.41. The number of halogens is 2. The first-order chi connectivity index (χ1) is 14.4. The van der Waals surface area contributed by atoms with Gasteiger partial charge in [-0.25, -0.2) is 4.79 Å². The Morgan fingerprint density at radius 1 is 1.17 bits per heavy atom. The fraction of sp³-hybridized carbons (Fsp3) is 0.318. The number of benzene rings is 1. The van der Waals surface area contributed by atoms with E-state index in [1.807, 2.05) is 22.4 Å². The van der Waals surface area contributed by atoms with Gasteiger partial charge in [0.05, 0.1) is 28.0 Å². The number of carbonyl (C=O) groups is 1. The maximum atomic E-state index is 12.8. The van der Waals surface area contributed by atoms with Gasteiger partial charge in [0.2, 0.25) is 0 Å². The number of aromatic nitrogens is 3. The summed E-state index contributed by atoms with van der Waals surface area (Å²) in [6.45, 7) is 2.77. The number of hydrogen-bond acceptors (Lipinski definition) is 3. The zero-order valence-electron chi connectivity index (χ0n) is 16.5. The average Bonchev–Trinajstić information content (AvgIpc) is 3.11. The lowest BCUT2D eigenvalue weighted by Gasteiger charge is -2.20. The Kier molecular flexibility index (Phi) is 5.71. The third-order valence-electron chi connectivity index (χ3n) is 5.48. The maximum Gasteiger partial charge on any atom is 0.341 e. The van der Waals surface area contributed by atoms with E-state index < -0.39 is 11.4 Å². The van der Waals surface area contributed by atoms with E-state index in [4.69, 9.17) is 23.2 Å². The van der Waals surface area contributed by atoms with Crippen LogP contribution >= 0.6 is 23.2 Å². The van der Waals surface area contributed by atoms with Gasteiger partial charge in [0.15, 0.2) is 5.43 Å². The van der Waals surface area contributed by atoms with E-state index in [0.29, 0.717) is 40.1 Å². The van der Waals surface area contributed by atoms with Crippen LogP contribution in [-0.2, 0) is 25.9 Å². The topological polar surface area (TPSA) is 77.1 Å². The molecule has 8 heteroatoms. The van der Waals surface area contributed by atoms with E-state index in [1.54, 1.807) is 18.2 Å². The van der Waals surface area contributed by atoms with E-state index in [1.165, 1.54) is 11.6 Å². The molecule has 0 radical (unpaired) electrons. The number of hydrogen-bond donors (Lipinski definition) is 1. The molecule has 1 aliphatic rings. The Labute approximate surface area is 183 Å². The minimum atomic E-state index is -1.27. The molecule has 2 heterocycles. The van der Waals surface area contributed by atoms with Crippen molar-refractivity contribution in [1.82, 2.24) is 14.3 Å². The molecule has 0 saturated heterocycles. The summed E-state index contributed by atoms with van der Waals surface area (Å²) in [6.07, 6.45) is 6.31. The number of aromatic carboxylic acids is 1. The number of aryl methyl sites for hydroxylation is 2. The third kappa shape index (κ3) is 3.77. The molecule has 0 aliphatic heterocycles. The van der Waals surface area contributed by atoms with Gasteiger partial charge in [-0.15, -0.1) is 0 Å². The van der Waals surface area contributed by atoms with Crippen LogP contribution in [0, 0.1) is 0 Å². The minimum Gasteiger partial charge on any atom is -0.477 e. The van der Waals surface area contributed by atoms with E-state index in [2.05, 4.69) is 5.10 Å². The predicted molar refractivity (Wildman–Crippen MR) is 117 cm³/mol. The van der Waals surface area contributed by atoms with Crippen LogP contribution in [0.2, 0.25) is 10.0 Å². The molecule has 0 amide bonds. The van der Waals surface area contributed by atoms with Crippen LogP contribution in [0.25, 0.3) is 11.3 Å². The van der Waals surface area contributed by atoms with Crippen LogP contribution < -0.4 is 5.43 Å². The van der Waals surface area contributed by atoms with Crippen LogP contribution in [0.3, 0.4) is 0 Å². The lowest BCUT2D eigenvalue weighted by molar-refractivity contribution is 0.0695. The van der Waals surface area contributed by atoms with E-state index in [-0.39, 0.29) is 5.56 Å². The van der Waals surface area contributed by atoms with Crippen molar-refractivity contribution in [2.45, 2.75) is 45.7 Å². The van der Waals surface area contributed by atoms with E-state index in [9.17, 15) is 14.7 Å². The highest BCUT2D eigenvalue weighted by Gasteiger charge is 2.23. The summed E-state index contributed by atoms with van der Waals surface area (Å²) >= 11 is 12.2. The van der Waals surface area contributed by atoms with Crippen molar-refractivity contribution in [2.24, 2.45) is 0 Å². The second-order valence-corrected chi connectivity index (χ2v) is 8.22. The summed E-state index contributed by atoms with van der Waals surface area (Å²) < 4.78 is 3.68. The molecule has 4 rings (SSSR count). The molecule has 0 spiro atoms. The van der Waals surface area contributed by atoms with Crippen LogP contribution in [0.5, 0.6) is 0 Å². The highest BCUT2D eigenvalue weighted by Crippen LogP contribution is 2.31. The molecule has 0 fully saturated rings. The SMILES string of the molecule is CCn1c(Cn2cc3c(n2)CCCC3)cc(=O)c(C(=O)O)c1-c1ccc(Cl)c(Cl)c1. The number of nitrogens with zero attached hydrogens (tertiary/aromatic N) is 3. The summed E-state index contributed by atoms with van der Waals surface area (Å²) in [5.74, 6) is -1.27. The average molecular weight is 446 g/mol. The maximum absolute atomic E-state index is 12.8. The number of carboxylic acids is 1. The highest BCUT2D eigenvalue weighted by atomic mass is 35.5. The Morgan fingerprint density at radius 3 is 2.60 bits per heavy atom. The molecule has 1 aliphatic carbocycles. The standard InChI is InChI=1S/C22H21Cl2N3O3/c1-2-27-15(12-26-11-14-5-3-4-6-18(14)25-26)10-19(28)20(22(29)30)21(27)13-7-8-16(23)17(24)9-13/h7-11H,2-6,12H2,1H3,(H,29,30). The highest BCUT2D eigenvalue weighted by molar-refractivity contribution is 6.42. The van der Waals surface area contributed by atoms with Gasteiger partial charge in [0, 0.05) is 30.1 Å². The minimum absolute atomic E-state index is 0.279. The molecule has 1 aromatic carbocycles. The van der Waals surface area contributed by atoms with Crippen molar-refractivity contribution < 1.29 is 9.90 Å². The Bertz CT molecular complexity index is 1170. The third-order valence-corrected chi connectivity index (χ3v) is 6.22. The second kappa shape index (κ2) is 8.28. The molecule has 1 N–H and O–H groups in total. The van der Waals surface area contributed by atoms with Gasteiger partial charge in [-0.1, -0.05) is 29.3 Å². The van der Waals surface area contributed by atoms with Crippen LogP contribution in [0.4, 0.5) is 0 Å². The van der Waals surface area contributed by atoms with Crippen molar-refractivity contribution in [3.63, 3.8) is 0 Å². The number of pyridine rings is 1. The molecule has 0 unspecified atom stereocenters. The quantitative estimate of drug-likeness (QED) is 0.618. The van der Waals surface area contributed by atoms with Crippen LogP contribution in [0.1, 0.15) is 47.1 Å². The monoisotopic (exact) mass is 445 g/mol. The van der Waals surface area contributed by atoms with Gasteiger partial charge >= 0.3 is 5.97 Å². The fourth-order valence-electron chi connectivity index (χ4n) is 4.12. The van der Waals surface area contributed by atoms with E-state index in [0.717, 1.165) is 31.4 Å². The normalized spacial score (nSPS) is 13.3. The van der Waals surface area contributed by atoms with Gasteiger partial charge < -0.3 is 9.67 Å². The first kappa shape index (κ1) is 20.7. The number of rotatable bonds is 5. The molecule has 3 aromatic rings. The lowest BCUT2D eigenvalue weighted by atomic mass is 9.99. The van der Waals surface area contributed by atoms with Crippen molar-refractivity contribution >= 4 is 29.2 Å². The van der Waals surface area contributed by atoms with Crippen molar-refractivity contribution in [3.8, 4) is 11.3 Å². The van der Waals surface area contributed by atoms with Gasteiger partial charge in [-0.3, -0.25) is 9.48 Å². The molecule has 30 heavy (non-hydrogen) atoms. The summed E-state index contributed by atoms with van der Waals surface area (Å²) in [6, 6.07) is 6.27. The molecular formula is C22H21Cl2N3O3. The van der Waals surface area contributed by atoms with Gasteiger partial charge in [0.1, 0.15) is 5.56 Å². The Morgan fingerprint density at radius 2 is 1.93 bits per heavy atom. The molecular weight excluding hydrogens is 425 g/mol. The lowest BCUT2D eigenvalue weighted by Crippen LogP contribution is -2.24. The van der Waals surface area contributed by atoms with Gasteiger partial charge in [-0.05, 0) is 50.3 Å². The molecule has 0 saturated carbocycles. The number of carboxylic acid groups (broad SMARTS) is 1. The second-order valence-electron chi connectivity index (χ2n) is 7.41. The van der Waals surface area contributed by atoms with Gasteiger partial charge in [0.25, 0.3) is 0 Å². The summed E-state index contributed by atoms with van der Waals surface area (Å²) in [5.41, 5.74) is 3.08. The zero-order valence-corrected chi connectivity index (χ0v) is 18.0. The van der Waals surface area contributed by atoms with Gasteiger partial charge in [-0.2, -0.15) is 5.10 Å². The van der Waals surface area contributed by atoms with Crippen molar-refractivity contribution in [3.05, 3.63) is 73.2 Å². The first-order valence-corrected chi connectivity index (χ1v) is 10.6. The smallest absolute Gasteiger partial charge is 0.341 e. The Balaban J connectivity index is 1.88. The van der Waals surface area contributed by atoms with Crippen LogP contribution in [-0.4, -0.2) is 25.4 Å². The molecule has 0 bridgehead atoms. The molecule has 2 aromatic heterocycles. The van der Waals surface area contributed by atoms with Crippen molar-refractivity contribution in [2.75, 3.05) is 0 Å². The molecule has 0 atom stereocenters. The van der Waals surface area contributed by atoms with Crippen molar-refractivity contribution in [1.29, 1.82) is 0 Å². The summed E-state index contributed by atoms with van der Waals surface area (Å²) in [7, 11) is 0. The predicted octanol–water partition coefficient (Wildman–Crippen LogP) is 4.66. The zero-order chi connectivity index (χ0) is 21.4. The first-order valence-electron chi connectivity index (χ1n) is 9.89. The van der Waals surface area contributed by atoms with Crippen LogP contribution in [0.15, 0.2) is 35.3 Å². The summed E-state index contributed by atoms with van der Waals surface area (Å²) in [5, 5.41) is 15.1. The molecule has 156 valence electrons. The van der Waals surface area contributed by atoms with E-state index >= 15 is 0 Å². The number of fused-ring (bicyclic) bond motifs is 1. The Hall–Kier alpha value is -2.57.